The van der Waals surface area contributed by atoms with Gasteiger partial charge in [0.05, 0.1) is 19.8 Å². The van der Waals surface area contributed by atoms with Gasteiger partial charge in [-0.25, -0.2) is 0 Å². The van der Waals surface area contributed by atoms with Crippen LogP contribution in [0.15, 0.2) is 36.4 Å². The van der Waals surface area contributed by atoms with Gasteiger partial charge in [0.15, 0.2) is 11.5 Å². The predicted octanol–water partition coefficient (Wildman–Crippen LogP) is 3.73. The summed E-state index contributed by atoms with van der Waals surface area (Å²) in [7, 11) is 3.00. The molecule has 3 aromatic rings. The number of ether oxygens (including phenoxy) is 4. The minimum Gasteiger partial charge on any atom is -0.497 e. The Labute approximate surface area is 206 Å². The van der Waals surface area contributed by atoms with E-state index in [-0.39, 0.29) is 18.6 Å². The van der Waals surface area contributed by atoms with E-state index in [1.807, 2.05) is 26.0 Å². The average Bonchev–Trinajstić information content (AvgIpc) is 3.55. The van der Waals surface area contributed by atoms with Crippen molar-refractivity contribution in [3.05, 3.63) is 42.0 Å². The summed E-state index contributed by atoms with van der Waals surface area (Å²) >= 11 is 1.22. The van der Waals surface area contributed by atoms with Crippen LogP contribution < -0.4 is 29.6 Å². The standard InChI is InChI=1S/C24H26N4O6S/c1-5-13(2)20(25-21(29)16-8-7-15(31-3)11-18(16)32-4)22(30)26-24-28-27-23(35-24)14-6-9-17-19(10-14)34-12-33-17/h6-11,13,20H,5,12H2,1-4H3,(H,25,29)(H,26,28,30). The first-order valence-electron chi connectivity index (χ1n) is 11.0. The summed E-state index contributed by atoms with van der Waals surface area (Å²) in [5.74, 6) is 1.28. The minimum absolute atomic E-state index is 0.135. The number of anilines is 1. The second-order valence-corrected chi connectivity index (χ2v) is 8.85. The highest BCUT2D eigenvalue weighted by atomic mass is 32.1. The van der Waals surface area contributed by atoms with Gasteiger partial charge in [-0.1, -0.05) is 31.6 Å². The van der Waals surface area contributed by atoms with Crippen LogP contribution in [0.2, 0.25) is 0 Å². The lowest BCUT2D eigenvalue weighted by atomic mass is 9.98. The quantitative estimate of drug-likeness (QED) is 0.458. The summed E-state index contributed by atoms with van der Waals surface area (Å²) in [6.45, 7) is 4.03. The lowest BCUT2D eigenvalue weighted by molar-refractivity contribution is -0.119. The van der Waals surface area contributed by atoms with Crippen LogP contribution in [-0.2, 0) is 4.79 Å². The van der Waals surface area contributed by atoms with E-state index >= 15 is 0 Å². The molecule has 1 aliphatic heterocycles. The maximum Gasteiger partial charge on any atom is 0.255 e. The maximum absolute atomic E-state index is 13.2. The van der Waals surface area contributed by atoms with Crippen LogP contribution in [-0.4, -0.2) is 49.1 Å². The third-order valence-corrected chi connectivity index (χ3v) is 6.60. The molecule has 184 valence electrons. The second-order valence-electron chi connectivity index (χ2n) is 7.87. The topological polar surface area (TPSA) is 121 Å². The fourth-order valence-electron chi connectivity index (χ4n) is 3.51. The summed E-state index contributed by atoms with van der Waals surface area (Å²) in [5.41, 5.74) is 1.10. The number of carbonyl (C=O) groups is 2. The number of carbonyl (C=O) groups excluding carboxylic acids is 2. The summed E-state index contributed by atoms with van der Waals surface area (Å²) in [4.78, 5) is 26.2. The monoisotopic (exact) mass is 498 g/mol. The minimum atomic E-state index is -0.794. The molecule has 0 spiro atoms. The number of rotatable bonds is 9. The molecule has 0 fully saturated rings. The summed E-state index contributed by atoms with van der Waals surface area (Å²) in [5, 5.41) is 14.8. The third kappa shape index (κ3) is 5.29. The normalized spacial score (nSPS) is 13.6. The fraction of sp³-hybridized carbons (Fsp3) is 0.333. The number of fused-ring (bicyclic) bond motifs is 1. The largest absolute Gasteiger partial charge is 0.497 e. The van der Waals surface area contributed by atoms with Gasteiger partial charge in [0, 0.05) is 11.6 Å². The number of amides is 2. The van der Waals surface area contributed by atoms with E-state index in [1.165, 1.54) is 25.6 Å². The molecule has 2 amide bonds. The molecule has 2 unspecified atom stereocenters. The first kappa shape index (κ1) is 24.3. The van der Waals surface area contributed by atoms with Gasteiger partial charge in [0.25, 0.3) is 5.91 Å². The molecular formula is C24H26N4O6S. The second kappa shape index (κ2) is 10.6. The van der Waals surface area contributed by atoms with E-state index in [0.717, 1.165) is 5.56 Å². The molecule has 1 aromatic heterocycles. The lowest BCUT2D eigenvalue weighted by Crippen LogP contribution is -2.47. The van der Waals surface area contributed by atoms with Gasteiger partial charge in [-0.2, -0.15) is 0 Å². The molecule has 1 aliphatic rings. The van der Waals surface area contributed by atoms with E-state index in [9.17, 15) is 9.59 Å². The molecule has 0 radical (unpaired) electrons. The SMILES string of the molecule is CCC(C)C(NC(=O)c1ccc(OC)cc1OC)C(=O)Nc1nnc(-c2ccc3c(c2)OCO3)s1. The van der Waals surface area contributed by atoms with E-state index < -0.39 is 11.9 Å². The Morgan fingerprint density at radius 1 is 1.09 bits per heavy atom. The Bertz CT molecular complexity index is 1230. The van der Waals surface area contributed by atoms with Crippen molar-refractivity contribution in [1.82, 2.24) is 15.5 Å². The molecule has 2 heterocycles. The summed E-state index contributed by atoms with van der Waals surface area (Å²) < 4.78 is 21.3. The lowest BCUT2D eigenvalue weighted by Gasteiger charge is -2.23. The van der Waals surface area contributed by atoms with Crippen molar-refractivity contribution in [2.24, 2.45) is 5.92 Å². The van der Waals surface area contributed by atoms with E-state index in [4.69, 9.17) is 18.9 Å². The molecule has 10 nitrogen and oxygen atoms in total. The van der Waals surface area contributed by atoms with Gasteiger partial charge < -0.3 is 24.3 Å². The summed E-state index contributed by atoms with van der Waals surface area (Å²) in [6, 6.07) is 9.56. The van der Waals surface area contributed by atoms with Gasteiger partial charge >= 0.3 is 0 Å². The number of methoxy groups -OCH3 is 2. The highest BCUT2D eigenvalue weighted by Gasteiger charge is 2.28. The summed E-state index contributed by atoms with van der Waals surface area (Å²) in [6.07, 6.45) is 0.677. The first-order chi connectivity index (χ1) is 16.9. The first-order valence-corrected chi connectivity index (χ1v) is 11.8. The molecule has 2 atom stereocenters. The molecule has 2 N–H and O–H groups in total. The van der Waals surface area contributed by atoms with Crippen molar-refractivity contribution in [1.29, 1.82) is 0 Å². The van der Waals surface area contributed by atoms with E-state index in [1.54, 1.807) is 24.3 Å². The van der Waals surface area contributed by atoms with Crippen LogP contribution in [0, 0.1) is 5.92 Å². The van der Waals surface area contributed by atoms with Crippen molar-refractivity contribution >= 4 is 28.3 Å². The van der Waals surface area contributed by atoms with Gasteiger partial charge in [0.1, 0.15) is 22.5 Å². The molecule has 0 aliphatic carbocycles. The van der Waals surface area contributed by atoms with Crippen molar-refractivity contribution in [2.75, 3.05) is 26.3 Å². The zero-order chi connectivity index (χ0) is 24.9. The van der Waals surface area contributed by atoms with Crippen molar-refractivity contribution in [3.63, 3.8) is 0 Å². The molecule has 2 aromatic carbocycles. The average molecular weight is 499 g/mol. The Kier molecular flexibility index (Phi) is 7.35. The number of benzene rings is 2. The highest BCUT2D eigenvalue weighted by Crippen LogP contribution is 2.37. The van der Waals surface area contributed by atoms with Crippen molar-refractivity contribution in [3.8, 4) is 33.6 Å². The van der Waals surface area contributed by atoms with Crippen LogP contribution in [0.1, 0.15) is 30.6 Å². The Morgan fingerprint density at radius 2 is 1.89 bits per heavy atom. The Balaban J connectivity index is 1.49. The molecular weight excluding hydrogens is 472 g/mol. The van der Waals surface area contributed by atoms with Crippen LogP contribution in [0.4, 0.5) is 5.13 Å². The number of hydrogen-bond acceptors (Lipinski definition) is 9. The number of nitrogens with zero attached hydrogens (tertiary/aromatic N) is 2. The number of aromatic nitrogens is 2. The Hall–Kier alpha value is -3.86. The predicted molar refractivity (Wildman–Crippen MR) is 130 cm³/mol. The van der Waals surface area contributed by atoms with Crippen molar-refractivity contribution in [2.45, 2.75) is 26.3 Å². The number of hydrogen-bond donors (Lipinski definition) is 2. The Morgan fingerprint density at radius 3 is 2.63 bits per heavy atom. The number of nitrogens with one attached hydrogen (secondary N) is 2. The van der Waals surface area contributed by atoms with Gasteiger partial charge in [0.2, 0.25) is 17.8 Å². The van der Waals surface area contributed by atoms with Crippen LogP contribution >= 0.6 is 11.3 Å². The van der Waals surface area contributed by atoms with Gasteiger partial charge in [-0.05, 0) is 36.2 Å². The molecule has 4 rings (SSSR count). The third-order valence-electron chi connectivity index (χ3n) is 5.71. The molecule has 0 bridgehead atoms. The molecule has 35 heavy (non-hydrogen) atoms. The van der Waals surface area contributed by atoms with Crippen LogP contribution in [0.3, 0.4) is 0 Å². The van der Waals surface area contributed by atoms with Gasteiger partial charge in [-0.15, -0.1) is 10.2 Å². The zero-order valence-electron chi connectivity index (χ0n) is 19.8. The van der Waals surface area contributed by atoms with E-state index in [2.05, 4.69) is 20.8 Å². The zero-order valence-corrected chi connectivity index (χ0v) is 20.6. The smallest absolute Gasteiger partial charge is 0.255 e. The fourth-order valence-corrected chi connectivity index (χ4v) is 4.25. The van der Waals surface area contributed by atoms with Crippen LogP contribution in [0.25, 0.3) is 10.6 Å². The molecule has 0 saturated heterocycles. The van der Waals surface area contributed by atoms with Gasteiger partial charge in [-0.3, -0.25) is 14.9 Å². The van der Waals surface area contributed by atoms with Crippen LogP contribution in [0.5, 0.6) is 23.0 Å². The molecule has 11 heteroatoms. The van der Waals surface area contributed by atoms with Crippen molar-refractivity contribution < 1.29 is 28.5 Å². The maximum atomic E-state index is 13.2. The molecule has 0 saturated carbocycles. The van der Waals surface area contributed by atoms with E-state index in [0.29, 0.717) is 45.1 Å². The highest BCUT2D eigenvalue weighted by molar-refractivity contribution is 7.18.